The lowest BCUT2D eigenvalue weighted by molar-refractivity contribution is 0.151. The fourth-order valence-corrected chi connectivity index (χ4v) is 3.69. The zero-order valence-electron chi connectivity index (χ0n) is 14.3. The molecule has 0 bridgehead atoms. The van der Waals surface area contributed by atoms with Gasteiger partial charge in [-0.05, 0) is 62.2 Å². The molecule has 0 aliphatic carbocycles. The third-order valence-electron chi connectivity index (χ3n) is 5.23. The van der Waals surface area contributed by atoms with Crippen LogP contribution in [0.3, 0.4) is 0 Å². The van der Waals surface area contributed by atoms with Gasteiger partial charge in [-0.1, -0.05) is 41.6 Å². The molecule has 1 aliphatic heterocycles. The number of rotatable bonds is 3. The van der Waals surface area contributed by atoms with E-state index < -0.39 is 0 Å². The molecule has 1 aliphatic rings. The second kappa shape index (κ2) is 6.36. The Bertz CT molecular complexity index is 834. The van der Waals surface area contributed by atoms with E-state index in [1.54, 1.807) is 0 Å². The van der Waals surface area contributed by atoms with Crippen LogP contribution in [-0.4, -0.2) is 28.1 Å². The number of piperidine rings is 1. The van der Waals surface area contributed by atoms with Crippen molar-refractivity contribution < 1.29 is 4.52 Å². The number of hydrogen-bond donors (Lipinski definition) is 0. The minimum atomic E-state index is 0.409. The van der Waals surface area contributed by atoms with Gasteiger partial charge >= 0.3 is 0 Å². The topological polar surface area (TPSA) is 42.2 Å². The summed E-state index contributed by atoms with van der Waals surface area (Å²) in [5.74, 6) is 1.95. The maximum Gasteiger partial charge on any atom is 0.229 e. The van der Waals surface area contributed by atoms with Crippen LogP contribution in [-0.2, 0) is 0 Å². The molecule has 4 heteroatoms. The number of hydrogen-bond acceptors (Lipinski definition) is 4. The van der Waals surface area contributed by atoms with Crippen molar-refractivity contribution in [1.82, 2.24) is 15.0 Å². The first-order valence-electron chi connectivity index (χ1n) is 8.73. The van der Waals surface area contributed by atoms with Crippen LogP contribution in [0.15, 0.2) is 47.0 Å². The van der Waals surface area contributed by atoms with E-state index in [1.165, 1.54) is 16.3 Å². The maximum absolute atomic E-state index is 5.35. The van der Waals surface area contributed by atoms with Gasteiger partial charge in [0.15, 0.2) is 5.82 Å². The normalized spacial score (nSPS) is 18.1. The van der Waals surface area contributed by atoms with Gasteiger partial charge in [0.1, 0.15) is 0 Å². The highest BCUT2D eigenvalue weighted by molar-refractivity contribution is 5.83. The summed E-state index contributed by atoms with van der Waals surface area (Å²) in [5.41, 5.74) is 1.39. The van der Waals surface area contributed by atoms with Gasteiger partial charge < -0.3 is 4.52 Å². The Hall–Kier alpha value is -2.20. The summed E-state index contributed by atoms with van der Waals surface area (Å²) < 4.78 is 5.35. The molecule has 1 atom stereocenters. The zero-order chi connectivity index (χ0) is 16.5. The van der Waals surface area contributed by atoms with Crippen LogP contribution in [0, 0.1) is 6.92 Å². The third kappa shape index (κ3) is 2.94. The second-order valence-corrected chi connectivity index (χ2v) is 6.77. The summed E-state index contributed by atoms with van der Waals surface area (Å²) >= 11 is 0. The number of aryl methyl sites for hydroxylation is 1. The molecule has 0 N–H and O–H groups in total. The van der Waals surface area contributed by atoms with E-state index in [4.69, 9.17) is 4.52 Å². The lowest BCUT2D eigenvalue weighted by Crippen LogP contribution is -2.35. The van der Waals surface area contributed by atoms with E-state index in [0.29, 0.717) is 12.0 Å². The maximum atomic E-state index is 5.35. The number of nitrogens with zero attached hydrogens (tertiary/aromatic N) is 3. The molecule has 0 radical (unpaired) electrons. The van der Waals surface area contributed by atoms with Crippen molar-refractivity contribution >= 4 is 10.8 Å². The SMILES string of the molecule is Cc1noc(C2CCN([C@H](C)c3ccc4ccccc4c3)CC2)n1. The Morgan fingerprint density at radius 2 is 1.83 bits per heavy atom. The van der Waals surface area contributed by atoms with Gasteiger partial charge in [0.2, 0.25) is 5.89 Å². The van der Waals surface area contributed by atoms with Gasteiger partial charge in [-0.2, -0.15) is 4.98 Å². The van der Waals surface area contributed by atoms with E-state index in [-0.39, 0.29) is 0 Å². The van der Waals surface area contributed by atoms with Gasteiger partial charge in [-0.15, -0.1) is 0 Å². The highest BCUT2D eigenvalue weighted by atomic mass is 16.5. The molecule has 2 aromatic carbocycles. The van der Waals surface area contributed by atoms with E-state index in [1.807, 2.05) is 6.92 Å². The largest absolute Gasteiger partial charge is 0.339 e. The molecule has 4 nitrogen and oxygen atoms in total. The number of likely N-dealkylation sites (tertiary alicyclic amines) is 1. The highest BCUT2D eigenvalue weighted by Crippen LogP contribution is 2.32. The molecule has 3 aromatic rings. The minimum Gasteiger partial charge on any atom is -0.339 e. The Kier molecular flexibility index (Phi) is 4.07. The summed E-state index contributed by atoms with van der Waals surface area (Å²) in [5, 5.41) is 6.54. The number of benzene rings is 2. The predicted octanol–water partition coefficient (Wildman–Crippen LogP) is 4.47. The Morgan fingerprint density at radius 1 is 1.08 bits per heavy atom. The van der Waals surface area contributed by atoms with Crippen molar-refractivity contribution in [3.63, 3.8) is 0 Å². The lowest BCUT2D eigenvalue weighted by Gasteiger charge is -2.35. The molecular weight excluding hydrogens is 298 g/mol. The smallest absolute Gasteiger partial charge is 0.229 e. The van der Waals surface area contributed by atoms with Crippen molar-refractivity contribution in [3.8, 4) is 0 Å². The van der Waals surface area contributed by atoms with Crippen molar-refractivity contribution in [2.24, 2.45) is 0 Å². The van der Waals surface area contributed by atoms with Crippen molar-refractivity contribution in [2.75, 3.05) is 13.1 Å². The van der Waals surface area contributed by atoms with Crippen LogP contribution in [0.25, 0.3) is 10.8 Å². The first-order valence-corrected chi connectivity index (χ1v) is 8.73. The number of aromatic nitrogens is 2. The molecule has 0 amide bonds. The molecule has 1 saturated heterocycles. The molecule has 0 saturated carbocycles. The van der Waals surface area contributed by atoms with E-state index in [2.05, 4.69) is 64.4 Å². The standard InChI is InChI=1S/C20H23N3O/c1-14(18-8-7-16-5-3-4-6-19(16)13-18)23-11-9-17(10-12-23)20-21-15(2)22-24-20/h3-8,13-14,17H,9-12H2,1-2H3/t14-/m1/s1. The molecule has 0 spiro atoms. The van der Waals surface area contributed by atoms with Crippen molar-refractivity contribution in [2.45, 2.75) is 38.6 Å². The highest BCUT2D eigenvalue weighted by Gasteiger charge is 2.27. The Labute approximate surface area is 142 Å². The molecule has 1 fully saturated rings. The quantitative estimate of drug-likeness (QED) is 0.713. The van der Waals surface area contributed by atoms with Gasteiger partial charge in [0.05, 0.1) is 0 Å². The third-order valence-corrected chi connectivity index (χ3v) is 5.23. The van der Waals surface area contributed by atoms with Crippen LogP contribution in [0.2, 0.25) is 0 Å². The fourth-order valence-electron chi connectivity index (χ4n) is 3.69. The van der Waals surface area contributed by atoms with Gasteiger partial charge in [0, 0.05) is 12.0 Å². The van der Waals surface area contributed by atoms with Crippen LogP contribution >= 0.6 is 0 Å². The molecule has 4 rings (SSSR count). The van der Waals surface area contributed by atoms with E-state index >= 15 is 0 Å². The predicted molar refractivity (Wildman–Crippen MR) is 94.9 cm³/mol. The van der Waals surface area contributed by atoms with Crippen molar-refractivity contribution in [3.05, 3.63) is 59.7 Å². The van der Waals surface area contributed by atoms with Crippen LogP contribution in [0.4, 0.5) is 0 Å². The van der Waals surface area contributed by atoms with Crippen molar-refractivity contribution in [1.29, 1.82) is 0 Å². The van der Waals surface area contributed by atoms with Gasteiger partial charge in [0.25, 0.3) is 0 Å². The van der Waals surface area contributed by atoms with Gasteiger partial charge in [-0.3, -0.25) is 4.90 Å². The van der Waals surface area contributed by atoms with E-state index in [9.17, 15) is 0 Å². The summed E-state index contributed by atoms with van der Waals surface area (Å²) in [6.45, 7) is 6.32. The minimum absolute atomic E-state index is 0.409. The van der Waals surface area contributed by atoms with E-state index in [0.717, 1.165) is 37.6 Å². The summed E-state index contributed by atoms with van der Waals surface area (Å²) in [6, 6.07) is 15.8. The Balaban J connectivity index is 1.46. The first kappa shape index (κ1) is 15.3. The molecule has 1 aromatic heterocycles. The fraction of sp³-hybridized carbons (Fsp3) is 0.400. The summed E-state index contributed by atoms with van der Waals surface area (Å²) in [6.07, 6.45) is 2.17. The Morgan fingerprint density at radius 3 is 2.54 bits per heavy atom. The average molecular weight is 321 g/mol. The van der Waals surface area contributed by atoms with Crippen LogP contribution in [0.1, 0.15) is 49.0 Å². The average Bonchev–Trinajstić information content (AvgIpc) is 3.07. The molecule has 24 heavy (non-hydrogen) atoms. The van der Waals surface area contributed by atoms with Crippen LogP contribution in [0.5, 0.6) is 0 Å². The molecule has 0 unspecified atom stereocenters. The molecule has 2 heterocycles. The van der Waals surface area contributed by atoms with Gasteiger partial charge in [-0.25, -0.2) is 0 Å². The molecule has 124 valence electrons. The zero-order valence-corrected chi connectivity index (χ0v) is 14.3. The monoisotopic (exact) mass is 321 g/mol. The lowest BCUT2D eigenvalue weighted by atomic mass is 9.94. The van der Waals surface area contributed by atoms with Crippen LogP contribution < -0.4 is 0 Å². The molecular formula is C20H23N3O. The first-order chi connectivity index (χ1) is 11.7. The summed E-state index contributed by atoms with van der Waals surface area (Å²) in [7, 11) is 0. The number of fused-ring (bicyclic) bond motifs is 1. The second-order valence-electron chi connectivity index (χ2n) is 6.77. The summed E-state index contributed by atoms with van der Waals surface area (Å²) in [4.78, 5) is 6.96.